The van der Waals surface area contributed by atoms with Crippen LogP contribution in [0.5, 0.6) is 0 Å². The zero-order valence-corrected chi connectivity index (χ0v) is 12.6. The maximum Gasteiger partial charge on any atom is 0.263 e. The van der Waals surface area contributed by atoms with E-state index in [1.807, 2.05) is 32.0 Å². The van der Waals surface area contributed by atoms with Crippen LogP contribution in [0.1, 0.15) is 18.1 Å². The molecule has 0 aliphatic rings. The Morgan fingerprint density at radius 1 is 1.14 bits per heavy atom. The number of benzene rings is 2. The lowest BCUT2D eigenvalue weighted by molar-refractivity contribution is 0.616. The van der Waals surface area contributed by atoms with Gasteiger partial charge in [0.25, 0.3) is 5.56 Å². The minimum absolute atomic E-state index is 0.231. The lowest BCUT2D eigenvalue weighted by atomic mass is 10.0. The average Bonchev–Trinajstić information content (AvgIpc) is 2.50. The number of nitrogens with zero attached hydrogens (tertiary/aromatic N) is 1. The maximum absolute atomic E-state index is 14.2. The first kappa shape index (κ1) is 14.3. The first-order valence-corrected chi connectivity index (χ1v) is 7.06. The number of halogens is 1. The Morgan fingerprint density at radius 3 is 2.50 bits per heavy atom. The number of rotatable bonds is 2. The van der Waals surface area contributed by atoms with E-state index in [0.29, 0.717) is 5.39 Å². The van der Waals surface area contributed by atoms with E-state index >= 15 is 0 Å². The maximum atomic E-state index is 14.2. The van der Waals surface area contributed by atoms with Crippen molar-refractivity contribution in [3.8, 4) is 5.69 Å². The van der Waals surface area contributed by atoms with Gasteiger partial charge in [0.1, 0.15) is 5.82 Å². The number of aryl methyl sites for hydroxylation is 1. The Hall–Kier alpha value is -2.68. The van der Waals surface area contributed by atoms with Gasteiger partial charge < -0.3 is 0 Å². The number of fused-ring (bicyclic) bond motifs is 1. The quantitative estimate of drug-likeness (QED) is 0.683. The molecule has 22 heavy (non-hydrogen) atoms. The highest BCUT2D eigenvalue weighted by atomic mass is 19.1. The summed E-state index contributed by atoms with van der Waals surface area (Å²) in [5.41, 5.74) is 2.60. The van der Waals surface area contributed by atoms with Crippen molar-refractivity contribution in [2.75, 3.05) is 0 Å². The predicted octanol–water partition coefficient (Wildman–Crippen LogP) is 4.47. The summed E-state index contributed by atoms with van der Waals surface area (Å²) in [6.07, 6.45) is 1.67. The highest BCUT2D eigenvalue weighted by Gasteiger charge is 2.13. The van der Waals surface area contributed by atoms with Gasteiger partial charge in [0, 0.05) is 17.1 Å². The van der Waals surface area contributed by atoms with Crippen molar-refractivity contribution in [1.82, 2.24) is 4.57 Å². The largest absolute Gasteiger partial charge is 0.280 e. The molecule has 2 aromatic carbocycles. The summed E-state index contributed by atoms with van der Waals surface area (Å²) >= 11 is 0. The van der Waals surface area contributed by atoms with Crippen molar-refractivity contribution >= 4 is 16.3 Å². The molecular weight excluding hydrogens is 277 g/mol. The minimum atomic E-state index is -0.421. The van der Waals surface area contributed by atoms with Gasteiger partial charge in [-0.2, -0.15) is 0 Å². The van der Waals surface area contributed by atoms with Gasteiger partial charge in [-0.1, -0.05) is 30.8 Å². The molecule has 1 aromatic heterocycles. The molecule has 3 aromatic rings. The van der Waals surface area contributed by atoms with E-state index in [2.05, 4.69) is 6.58 Å². The van der Waals surface area contributed by atoms with Crippen molar-refractivity contribution in [1.29, 1.82) is 0 Å². The van der Waals surface area contributed by atoms with E-state index < -0.39 is 5.82 Å². The molecule has 0 unspecified atom stereocenters. The molecule has 0 spiro atoms. The van der Waals surface area contributed by atoms with E-state index in [1.165, 1.54) is 10.6 Å². The third-order valence-corrected chi connectivity index (χ3v) is 3.75. The van der Waals surface area contributed by atoms with Crippen molar-refractivity contribution in [2.24, 2.45) is 0 Å². The summed E-state index contributed by atoms with van der Waals surface area (Å²) in [6.45, 7) is 7.72. The fraction of sp³-hybridized carbons (Fsp3) is 0.105. The monoisotopic (exact) mass is 293 g/mol. The van der Waals surface area contributed by atoms with Crippen LogP contribution < -0.4 is 5.56 Å². The topological polar surface area (TPSA) is 22.0 Å². The number of allylic oxidation sites excluding steroid dienone is 1. The minimum Gasteiger partial charge on any atom is -0.280 e. The first-order valence-electron chi connectivity index (χ1n) is 7.06. The van der Waals surface area contributed by atoms with Crippen LogP contribution in [0.15, 0.2) is 60.0 Å². The van der Waals surface area contributed by atoms with Crippen LogP contribution in [0.4, 0.5) is 4.39 Å². The van der Waals surface area contributed by atoms with Gasteiger partial charge in [-0.3, -0.25) is 9.36 Å². The summed E-state index contributed by atoms with van der Waals surface area (Å²) in [5.74, 6) is -0.421. The van der Waals surface area contributed by atoms with Crippen LogP contribution in [-0.4, -0.2) is 4.57 Å². The SMILES string of the molecule is C=C(C)c1cn(-c2cc(C)ccc2F)c(=O)c2ccccc12. The van der Waals surface area contributed by atoms with E-state index in [0.717, 1.165) is 22.1 Å². The van der Waals surface area contributed by atoms with Gasteiger partial charge >= 0.3 is 0 Å². The second kappa shape index (κ2) is 5.26. The van der Waals surface area contributed by atoms with Crippen LogP contribution in [-0.2, 0) is 0 Å². The summed E-state index contributed by atoms with van der Waals surface area (Å²) in [7, 11) is 0. The Labute approximate surface area is 128 Å². The van der Waals surface area contributed by atoms with Crippen molar-refractivity contribution in [3.05, 3.63) is 82.5 Å². The Balaban J connectivity index is 2.45. The number of aromatic nitrogens is 1. The van der Waals surface area contributed by atoms with Gasteiger partial charge in [0.2, 0.25) is 0 Å². The molecule has 0 amide bonds. The molecular formula is C19H16FNO. The third-order valence-electron chi connectivity index (χ3n) is 3.75. The molecule has 0 aliphatic carbocycles. The van der Waals surface area contributed by atoms with Crippen LogP contribution in [0, 0.1) is 12.7 Å². The number of pyridine rings is 1. The molecule has 3 rings (SSSR count). The van der Waals surface area contributed by atoms with Gasteiger partial charge in [-0.25, -0.2) is 4.39 Å². The Kier molecular flexibility index (Phi) is 3.41. The molecule has 0 aliphatic heterocycles. The van der Waals surface area contributed by atoms with Crippen molar-refractivity contribution in [3.63, 3.8) is 0 Å². The number of hydrogen-bond donors (Lipinski definition) is 0. The standard InChI is InChI=1S/C19H16FNO/c1-12(2)16-11-21(18-10-13(3)8-9-17(18)20)19(22)15-7-5-4-6-14(15)16/h4-11H,1H2,2-3H3. The molecule has 0 N–H and O–H groups in total. The van der Waals surface area contributed by atoms with E-state index in [1.54, 1.807) is 24.4 Å². The van der Waals surface area contributed by atoms with Crippen LogP contribution >= 0.6 is 0 Å². The fourth-order valence-electron chi connectivity index (χ4n) is 2.62. The molecule has 1 heterocycles. The Morgan fingerprint density at radius 2 is 1.82 bits per heavy atom. The second-order valence-corrected chi connectivity index (χ2v) is 5.50. The first-order chi connectivity index (χ1) is 10.5. The van der Waals surface area contributed by atoms with Crippen LogP contribution in [0.2, 0.25) is 0 Å². The van der Waals surface area contributed by atoms with Crippen LogP contribution in [0.25, 0.3) is 22.0 Å². The summed E-state index contributed by atoms with van der Waals surface area (Å²) in [5, 5.41) is 1.40. The average molecular weight is 293 g/mol. The van der Waals surface area contributed by atoms with E-state index in [9.17, 15) is 9.18 Å². The normalized spacial score (nSPS) is 10.9. The lowest BCUT2D eigenvalue weighted by Gasteiger charge is -2.13. The van der Waals surface area contributed by atoms with Crippen LogP contribution in [0.3, 0.4) is 0 Å². The zero-order chi connectivity index (χ0) is 15.9. The molecule has 0 fully saturated rings. The molecule has 0 saturated carbocycles. The smallest absolute Gasteiger partial charge is 0.263 e. The van der Waals surface area contributed by atoms with Crippen molar-refractivity contribution in [2.45, 2.75) is 13.8 Å². The summed E-state index contributed by atoms with van der Waals surface area (Å²) in [6, 6.07) is 12.1. The highest BCUT2D eigenvalue weighted by Crippen LogP contribution is 2.23. The fourth-order valence-corrected chi connectivity index (χ4v) is 2.62. The van der Waals surface area contributed by atoms with Crippen molar-refractivity contribution < 1.29 is 4.39 Å². The summed E-state index contributed by atoms with van der Waals surface area (Å²) in [4.78, 5) is 12.7. The Bertz CT molecular complexity index is 953. The number of hydrogen-bond acceptors (Lipinski definition) is 1. The molecule has 0 bridgehead atoms. The summed E-state index contributed by atoms with van der Waals surface area (Å²) < 4.78 is 15.6. The molecule has 110 valence electrons. The van der Waals surface area contributed by atoms with Gasteiger partial charge in [-0.05, 0) is 48.6 Å². The highest BCUT2D eigenvalue weighted by molar-refractivity contribution is 5.92. The predicted molar refractivity (Wildman–Crippen MR) is 88.9 cm³/mol. The molecule has 3 heteroatoms. The molecule has 0 radical (unpaired) electrons. The van der Waals surface area contributed by atoms with E-state index in [4.69, 9.17) is 0 Å². The van der Waals surface area contributed by atoms with Gasteiger partial charge in [0.15, 0.2) is 0 Å². The molecule has 0 saturated heterocycles. The molecule has 0 atom stereocenters. The zero-order valence-electron chi connectivity index (χ0n) is 12.6. The molecule has 2 nitrogen and oxygen atoms in total. The lowest BCUT2D eigenvalue weighted by Crippen LogP contribution is -2.20. The third kappa shape index (κ3) is 2.25. The van der Waals surface area contributed by atoms with Gasteiger partial charge in [-0.15, -0.1) is 0 Å². The second-order valence-electron chi connectivity index (χ2n) is 5.50. The van der Waals surface area contributed by atoms with Gasteiger partial charge in [0.05, 0.1) is 5.69 Å². The van der Waals surface area contributed by atoms with E-state index in [-0.39, 0.29) is 11.2 Å².